The molecule has 6 heteroatoms. The monoisotopic (exact) mass is 370 g/mol. The number of nitrogens with zero attached hydrogens (tertiary/aromatic N) is 1. The average Bonchev–Trinajstić information content (AvgIpc) is 3.24. The second-order valence-electron chi connectivity index (χ2n) is 5.65. The molecule has 2 fully saturated rings. The largest absolute Gasteiger partial charge is 0.314 e. The lowest BCUT2D eigenvalue weighted by Crippen LogP contribution is -2.45. The third-order valence-electron chi connectivity index (χ3n) is 4.16. The van der Waals surface area contributed by atoms with E-state index in [1.807, 2.05) is 12.1 Å². The smallest absolute Gasteiger partial charge is 0.0454 e. The van der Waals surface area contributed by atoms with Crippen LogP contribution in [0.25, 0.3) is 0 Å². The number of nitrogens with one attached hydrogen (secondary N) is 1. The van der Waals surface area contributed by atoms with Crippen LogP contribution in [0.3, 0.4) is 0 Å². The molecule has 1 aromatic rings. The summed E-state index contributed by atoms with van der Waals surface area (Å²) in [5.41, 5.74) is 1.21. The predicted octanol–water partition coefficient (Wildman–Crippen LogP) is 4.58. The van der Waals surface area contributed by atoms with Gasteiger partial charge in [0.05, 0.1) is 0 Å². The first-order valence-electron chi connectivity index (χ1n) is 7.14. The molecule has 1 saturated carbocycles. The van der Waals surface area contributed by atoms with Gasteiger partial charge in [-0.05, 0) is 36.1 Å². The zero-order valence-electron chi connectivity index (χ0n) is 11.9. The van der Waals surface area contributed by atoms with Gasteiger partial charge < -0.3 is 5.32 Å². The number of rotatable bonds is 4. The maximum Gasteiger partial charge on any atom is 0.0454 e. The summed E-state index contributed by atoms with van der Waals surface area (Å²) in [6.07, 6.45) is 3.97. The van der Waals surface area contributed by atoms with Gasteiger partial charge >= 0.3 is 0 Å². The van der Waals surface area contributed by atoms with Crippen molar-refractivity contribution in [2.45, 2.75) is 25.3 Å². The highest BCUT2D eigenvalue weighted by Crippen LogP contribution is 2.42. The van der Waals surface area contributed by atoms with Crippen molar-refractivity contribution < 1.29 is 0 Å². The van der Waals surface area contributed by atoms with Gasteiger partial charge in [0.15, 0.2) is 0 Å². The highest BCUT2D eigenvalue weighted by atomic mass is 35.5. The van der Waals surface area contributed by atoms with Crippen molar-refractivity contribution in [3.05, 3.63) is 33.8 Å². The van der Waals surface area contributed by atoms with Gasteiger partial charge in [-0.3, -0.25) is 4.90 Å². The predicted molar refractivity (Wildman–Crippen MR) is 95.5 cm³/mol. The van der Waals surface area contributed by atoms with E-state index in [9.17, 15) is 0 Å². The number of benzene rings is 1. The van der Waals surface area contributed by atoms with Crippen LogP contribution in [0.2, 0.25) is 10.0 Å². The topological polar surface area (TPSA) is 15.3 Å². The zero-order chi connectivity index (χ0) is 13.2. The zero-order valence-corrected chi connectivity index (χ0v) is 15.0. The summed E-state index contributed by atoms with van der Waals surface area (Å²) in [5, 5.41) is 5.06. The minimum absolute atomic E-state index is 0. The maximum absolute atomic E-state index is 6.41. The molecule has 1 saturated heterocycles. The fraction of sp³-hybridized carbons (Fsp3) is 0.600. The van der Waals surface area contributed by atoms with E-state index < -0.39 is 0 Å². The molecule has 0 radical (unpaired) electrons. The molecule has 1 N–H and O–H groups in total. The van der Waals surface area contributed by atoms with Crippen molar-refractivity contribution in [1.29, 1.82) is 0 Å². The molecule has 0 amide bonds. The van der Waals surface area contributed by atoms with Crippen LogP contribution < -0.4 is 5.32 Å². The highest BCUT2D eigenvalue weighted by Gasteiger charge is 2.31. The molecule has 0 bridgehead atoms. The molecule has 2 nitrogen and oxygen atoms in total. The third-order valence-corrected chi connectivity index (χ3v) is 4.74. The maximum atomic E-state index is 6.41. The van der Waals surface area contributed by atoms with Crippen molar-refractivity contribution in [3.8, 4) is 0 Å². The Balaban J connectivity index is 0.00000110. The first-order chi connectivity index (χ1) is 9.24. The van der Waals surface area contributed by atoms with Gasteiger partial charge in [0.2, 0.25) is 0 Å². The molecular weight excluding hydrogens is 350 g/mol. The number of hydrogen-bond donors (Lipinski definition) is 1. The van der Waals surface area contributed by atoms with E-state index in [0.29, 0.717) is 6.04 Å². The molecule has 1 aliphatic carbocycles. The molecule has 1 atom stereocenters. The quantitative estimate of drug-likeness (QED) is 0.832. The van der Waals surface area contributed by atoms with Crippen LogP contribution in [0.5, 0.6) is 0 Å². The second-order valence-corrected chi connectivity index (χ2v) is 6.49. The molecule has 1 heterocycles. The van der Waals surface area contributed by atoms with E-state index in [1.165, 1.54) is 24.8 Å². The Bertz CT molecular complexity index is 445. The fourth-order valence-corrected chi connectivity index (χ4v) is 3.33. The Labute approximate surface area is 149 Å². The molecule has 0 unspecified atom stereocenters. The Morgan fingerprint density at radius 3 is 2.43 bits per heavy atom. The average molecular weight is 372 g/mol. The first kappa shape index (κ1) is 19.3. The van der Waals surface area contributed by atoms with Crippen molar-refractivity contribution in [3.63, 3.8) is 0 Å². The van der Waals surface area contributed by atoms with Crippen LogP contribution in [0.15, 0.2) is 18.2 Å². The summed E-state index contributed by atoms with van der Waals surface area (Å²) in [7, 11) is 0. The molecule has 3 rings (SSSR count). The molecule has 2 aliphatic rings. The van der Waals surface area contributed by atoms with Gasteiger partial charge in [0, 0.05) is 42.3 Å². The van der Waals surface area contributed by atoms with E-state index in [2.05, 4.69) is 16.3 Å². The summed E-state index contributed by atoms with van der Waals surface area (Å²) in [4.78, 5) is 2.56. The number of piperazine rings is 1. The standard InChI is InChI=1S/C15H20Cl2N2.2ClH/c16-12-3-4-14(17)13(10-12)15(9-11-1-2-11)19-7-5-18-6-8-19;;/h3-4,10-11,15,18H,1-2,5-9H2;2*1H/t15-;;/m0../s1. The van der Waals surface area contributed by atoms with Gasteiger partial charge in [-0.25, -0.2) is 0 Å². The van der Waals surface area contributed by atoms with Gasteiger partial charge in [-0.2, -0.15) is 0 Å². The Morgan fingerprint density at radius 2 is 1.81 bits per heavy atom. The number of hydrogen-bond acceptors (Lipinski definition) is 2. The van der Waals surface area contributed by atoms with E-state index >= 15 is 0 Å². The van der Waals surface area contributed by atoms with Crippen LogP contribution in [-0.4, -0.2) is 31.1 Å². The van der Waals surface area contributed by atoms with Gasteiger partial charge in [-0.1, -0.05) is 36.0 Å². The van der Waals surface area contributed by atoms with E-state index in [-0.39, 0.29) is 24.8 Å². The molecule has 1 aliphatic heterocycles. The highest BCUT2D eigenvalue weighted by molar-refractivity contribution is 6.33. The van der Waals surface area contributed by atoms with Gasteiger partial charge in [0.25, 0.3) is 0 Å². The van der Waals surface area contributed by atoms with Crippen LogP contribution in [0.4, 0.5) is 0 Å². The van der Waals surface area contributed by atoms with Crippen LogP contribution in [-0.2, 0) is 0 Å². The van der Waals surface area contributed by atoms with Gasteiger partial charge in [-0.15, -0.1) is 24.8 Å². The lowest BCUT2D eigenvalue weighted by Gasteiger charge is -2.36. The molecular formula is C15H22Cl4N2. The van der Waals surface area contributed by atoms with Crippen molar-refractivity contribution >= 4 is 48.0 Å². The lowest BCUT2D eigenvalue weighted by molar-refractivity contribution is 0.160. The lowest BCUT2D eigenvalue weighted by atomic mass is 9.98. The number of halogens is 4. The Kier molecular flexibility index (Phi) is 8.11. The summed E-state index contributed by atoms with van der Waals surface area (Å²) < 4.78 is 0. The van der Waals surface area contributed by atoms with E-state index in [1.54, 1.807) is 0 Å². The second kappa shape index (κ2) is 8.81. The summed E-state index contributed by atoms with van der Waals surface area (Å²) in [6, 6.07) is 6.29. The van der Waals surface area contributed by atoms with Crippen molar-refractivity contribution in [2.24, 2.45) is 5.92 Å². The van der Waals surface area contributed by atoms with Crippen LogP contribution >= 0.6 is 48.0 Å². The van der Waals surface area contributed by atoms with Gasteiger partial charge in [0.1, 0.15) is 0 Å². The van der Waals surface area contributed by atoms with Crippen molar-refractivity contribution in [1.82, 2.24) is 10.2 Å². The normalized spacial score (nSPS) is 20.3. The van der Waals surface area contributed by atoms with Crippen LogP contribution in [0, 0.1) is 5.92 Å². The SMILES string of the molecule is Cl.Cl.Clc1ccc(Cl)c([C@H](CC2CC2)N2CCNCC2)c1. The summed E-state index contributed by atoms with van der Waals surface area (Å²) in [6.45, 7) is 4.33. The molecule has 0 aromatic heterocycles. The fourth-order valence-electron chi connectivity index (χ4n) is 2.91. The molecule has 21 heavy (non-hydrogen) atoms. The van der Waals surface area contributed by atoms with Crippen molar-refractivity contribution in [2.75, 3.05) is 26.2 Å². The molecule has 0 spiro atoms. The summed E-state index contributed by atoms with van der Waals surface area (Å²) in [5.74, 6) is 0.884. The minimum Gasteiger partial charge on any atom is -0.314 e. The molecule has 120 valence electrons. The third kappa shape index (κ3) is 5.16. The summed E-state index contributed by atoms with van der Waals surface area (Å²) >= 11 is 12.6. The minimum atomic E-state index is 0. The van der Waals surface area contributed by atoms with E-state index in [0.717, 1.165) is 42.1 Å². The molecule has 1 aromatic carbocycles. The Morgan fingerprint density at radius 1 is 1.14 bits per heavy atom. The Hall–Kier alpha value is 0.300. The first-order valence-corrected chi connectivity index (χ1v) is 7.89. The van der Waals surface area contributed by atoms with E-state index in [4.69, 9.17) is 23.2 Å². The van der Waals surface area contributed by atoms with Crippen LogP contribution in [0.1, 0.15) is 30.9 Å².